The van der Waals surface area contributed by atoms with Crippen molar-refractivity contribution >= 4 is 23.1 Å². The van der Waals surface area contributed by atoms with E-state index in [1.165, 1.54) is 4.90 Å². The Balaban J connectivity index is 1.78. The average molecular weight is 421 g/mol. The van der Waals surface area contributed by atoms with E-state index in [9.17, 15) is 9.59 Å². The van der Waals surface area contributed by atoms with E-state index in [0.29, 0.717) is 35.6 Å². The molecule has 0 N–H and O–H groups in total. The molecule has 31 heavy (non-hydrogen) atoms. The van der Waals surface area contributed by atoms with Crippen molar-refractivity contribution < 1.29 is 19.1 Å². The van der Waals surface area contributed by atoms with Crippen LogP contribution in [0.3, 0.4) is 0 Å². The van der Waals surface area contributed by atoms with Crippen molar-refractivity contribution in [1.29, 1.82) is 0 Å². The summed E-state index contributed by atoms with van der Waals surface area (Å²) in [5.41, 5.74) is 2.13. The number of benzene rings is 2. The minimum absolute atomic E-state index is 0.0343. The first kappa shape index (κ1) is 21.1. The first-order valence-electron chi connectivity index (χ1n) is 10.7. The molecule has 162 valence electrons. The number of ether oxygens (including phenoxy) is 2. The third-order valence-corrected chi connectivity index (χ3v) is 5.32. The highest BCUT2D eigenvalue weighted by atomic mass is 16.5. The van der Waals surface area contributed by atoms with E-state index in [4.69, 9.17) is 9.47 Å². The van der Waals surface area contributed by atoms with E-state index in [1.54, 1.807) is 12.1 Å². The van der Waals surface area contributed by atoms with Gasteiger partial charge in [0.1, 0.15) is 11.4 Å². The van der Waals surface area contributed by atoms with Crippen LogP contribution in [0.2, 0.25) is 0 Å². The molecule has 1 fully saturated rings. The fourth-order valence-electron chi connectivity index (χ4n) is 4.22. The second-order valence-electron chi connectivity index (χ2n) is 8.36. The molecule has 2 heterocycles. The third-order valence-electron chi connectivity index (χ3n) is 5.32. The molecule has 2 atom stereocenters. The molecule has 6 nitrogen and oxygen atoms in total. The second kappa shape index (κ2) is 8.55. The molecule has 0 saturated carbocycles. The number of hydrogen-bond donors (Lipinski definition) is 0. The number of rotatable bonds is 5. The summed E-state index contributed by atoms with van der Waals surface area (Å²) < 4.78 is 11.6. The van der Waals surface area contributed by atoms with Gasteiger partial charge in [0.05, 0.1) is 29.6 Å². The first-order valence-corrected chi connectivity index (χ1v) is 10.7. The summed E-state index contributed by atoms with van der Waals surface area (Å²) >= 11 is 0. The topological polar surface area (TPSA) is 59.1 Å². The van der Waals surface area contributed by atoms with E-state index in [0.717, 1.165) is 5.75 Å². The Morgan fingerprint density at radius 3 is 2.10 bits per heavy atom. The van der Waals surface area contributed by atoms with Crippen LogP contribution in [0, 0.1) is 0 Å². The molecule has 1 saturated heterocycles. The number of nitrogens with zero attached hydrogens (tertiary/aromatic N) is 2. The van der Waals surface area contributed by atoms with Crippen LogP contribution in [0.15, 0.2) is 60.3 Å². The Labute approximate surface area is 183 Å². The normalized spacial score (nSPS) is 22.0. The summed E-state index contributed by atoms with van der Waals surface area (Å²) in [5.74, 6) is 0.122. The number of morpholine rings is 1. The van der Waals surface area contributed by atoms with E-state index in [2.05, 4.69) is 0 Å². The molecule has 6 heteroatoms. The number of imide groups is 1. The van der Waals surface area contributed by atoms with Crippen molar-refractivity contribution in [3.63, 3.8) is 0 Å². The minimum Gasteiger partial charge on any atom is -0.491 e. The van der Waals surface area contributed by atoms with Gasteiger partial charge in [-0.1, -0.05) is 30.3 Å². The second-order valence-corrected chi connectivity index (χ2v) is 8.36. The van der Waals surface area contributed by atoms with Crippen molar-refractivity contribution in [3.8, 4) is 5.75 Å². The molecule has 2 amide bonds. The van der Waals surface area contributed by atoms with Crippen LogP contribution in [0.25, 0.3) is 5.57 Å². The molecule has 0 aliphatic carbocycles. The zero-order valence-electron chi connectivity index (χ0n) is 18.4. The van der Waals surface area contributed by atoms with Crippen LogP contribution in [0.1, 0.15) is 33.3 Å². The molecule has 2 aromatic carbocycles. The quantitative estimate of drug-likeness (QED) is 0.688. The molecule has 0 aromatic heterocycles. The van der Waals surface area contributed by atoms with Gasteiger partial charge in [0.25, 0.3) is 11.8 Å². The molecule has 4 rings (SSSR count). The van der Waals surface area contributed by atoms with Crippen LogP contribution in [-0.4, -0.2) is 48.1 Å². The lowest BCUT2D eigenvalue weighted by atomic mass is 10.0. The number of hydrogen-bond acceptors (Lipinski definition) is 5. The highest BCUT2D eigenvalue weighted by Crippen LogP contribution is 2.36. The van der Waals surface area contributed by atoms with Gasteiger partial charge in [-0.3, -0.25) is 9.59 Å². The average Bonchev–Trinajstić information content (AvgIpc) is 2.98. The molecular formula is C25H28N2O4. The maximum absolute atomic E-state index is 13.6. The van der Waals surface area contributed by atoms with E-state index >= 15 is 0 Å². The predicted molar refractivity (Wildman–Crippen MR) is 120 cm³/mol. The standard InChI is InChI=1S/C25H28N2O4/c1-16(2)30-21-12-10-19(11-13-21)22-23(26-14-17(3)31-18(4)15-26)25(29)27(24(22)28)20-8-6-5-7-9-20/h5-13,16-18H,14-15H2,1-4H3. The Bertz CT molecular complexity index is 988. The van der Waals surface area contributed by atoms with Crippen LogP contribution in [0.4, 0.5) is 5.69 Å². The Morgan fingerprint density at radius 1 is 0.903 bits per heavy atom. The number of anilines is 1. The molecule has 2 aliphatic heterocycles. The summed E-state index contributed by atoms with van der Waals surface area (Å²) in [6.07, 6.45) is -0.0128. The predicted octanol–water partition coefficient (Wildman–Crippen LogP) is 3.87. The molecule has 2 unspecified atom stereocenters. The largest absolute Gasteiger partial charge is 0.491 e. The Kier molecular flexibility index (Phi) is 5.83. The van der Waals surface area contributed by atoms with Crippen molar-refractivity contribution in [1.82, 2.24) is 4.90 Å². The highest BCUT2D eigenvalue weighted by Gasteiger charge is 2.43. The first-order chi connectivity index (χ1) is 14.8. The van der Waals surface area contributed by atoms with Crippen molar-refractivity contribution in [3.05, 3.63) is 65.9 Å². The Morgan fingerprint density at radius 2 is 1.52 bits per heavy atom. The van der Waals surface area contributed by atoms with Crippen LogP contribution >= 0.6 is 0 Å². The zero-order chi connectivity index (χ0) is 22.1. The van der Waals surface area contributed by atoms with Crippen LogP contribution in [0.5, 0.6) is 5.75 Å². The van der Waals surface area contributed by atoms with Gasteiger partial charge in [-0.2, -0.15) is 0 Å². The maximum Gasteiger partial charge on any atom is 0.282 e. The fraction of sp³-hybridized carbons (Fsp3) is 0.360. The summed E-state index contributed by atoms with van der Waals surface area (Å²) in [4.78, 5) is 30.4. The number of carbonyl (C=O) groups excluding carboxylic acids is 2. The maximum atomic E-state index is 13.6. The van der Waals surface area contributed by atoms with E-state index in [1.807, 2.05) is 75.1 Å². The lowest BCUT2D eigenvalue weighted by molar-refractivity contribution is -0.121. The summed E-state index contributed by atoms with van der Waals surface area (Å²) in [6, 6.07) is 16.4. The number of amides is 2. The van der Waals surface area contributed by atoms with Gasteiger partial charge in [-0.25, -0.2) is 4.90 Å². The fourth-order valence-corrected chi connectivity index (χ4v) is 4.22. The van der Waals surface area contributed by atoms with Crippen LogP contribution < -0.4 is 9.64 Å². The van der Waals surface area contributed by atoms with Gasteiger partial charge in [-0.05, 0) is 57.5 Å². The molecule has 2 aromatic rings. The lowest BCUT2D eigenvalue weighted by Gasteiger charge is -2.37. The van der Waals surface area contributed by atoms with Crippen molar-refractivity contribution in [2.75, 3.05) is 18.0 Å². The molecule has 0 bridgehead atoms. The van der Waals surface area contributed by atoms with Gasteiger partial charge in [0.2, 0.25) is 0 Å². The smallest absolute Gasteiger partial charge is 0.282 e. The van der Waals surface area contributed by atoms with E-state index < -0.39 is 0 Å². The van der Waals surface area contributed by atoms with Gasteiger partial charge in [-0.15, -0.1) is 0 Å². The van der Waals surface area contributed by atoms with Crippen molar-refractivity contribution in [2.24, 2.45) is 0 Å². The molecule has 0 radical (unpaired) electrons. The minimum atomic E-state index is -0.310. The molecule has 0 spiro atoms. The van der Waals surface area contributed by atoms with Gasteiger partial charge < -0.3 is 14.4 Å². The number of para-hydroxylation sites is 1. The van der Waals surface area contributed by atoms with E-state index in [-0.39, 0.29) is 30.1 Å². The monoisotopic (exact) mass is 420 g/mol. The highest BCUT2D eigenvalue weighted by molar-refractivity contribution is 6.45. The summed E-state index contributed by atoms with van der Waals surface area (Å²) in [6.45, 7) is 9.01. The van der Waals surface area contributed by atoms with Crippen molar-refractivity contribution in [2.45, 2.75) is 46.0 Å². The summed E-state index contributed by atoms with van der Waals surface area (Å²) in [7, 11) is 0. The third kappa shape index (κ3) is 4.21. The zero-order valence-corrected chi connectivity index (χ0v) is 18.4. The molecule has 2 aliphatic rings. The lowest BCUT2D eigenvalue weighted by Crippen LogP contribution is -2.47. The summed E-state index contributed by atoms with van der Waals surface area (Å²) in [5, 5.41) is 0. The van der Waals surface area contributed by atoms with Crippen LogP contribution in [-0.2, 0) is 14.3 Å². The number of carbonyl (C=O) groups is 2. The van der Waals surface area contributed by atoms with Gasteiger partial charge >= 0.3 is 0 Å². The Hall–Kier alpha value is -3.12. The molecular weight excluding hydrogens is 392 g/mol. The van der Waals surface area contributed by atoms with Gasteiger partial charge in [0, 0.05) is 13.1 Å². The van der Waals surface area contributed by atoms with Gasteiger partial charge in [0.15, 0.2) is 0 Å². The SMILES string of the molecule is CC(C)Oc1ccc(C2=C(N3CC(C)OC(C)C3)C(=O)N(c3ccccc3)C2=O)cc1.